The van der Waals surface area contributed by atoms with Crippen molar-refractivity contribution in [2.45, 2.75) is 77.3 Å². The molecule has 2 aliphatic carbocycles. The summed E-state index contributed by atoms with van der Waals surface area (Å²) < 4.78 is 0. The molecular weight excluding hydrogens is 208 g/mol. The van der Waals surface area contributed by atoms with Crippen LogP contribution >= 0.6 is 0 Å². The molecule has 0 radical (unpaired) electrons. The molecule has 0 bridgehead atoms. The lowest BCUT2D eigenvalue weighted by atomic mass is 9.71. The first kappa shape index (κ1) is 13.4. The van der Waals surface area contributed by atoms with E-state index in [0.29, 0.717) is 17.5 Å². The molecule has 2 aliphatic rings. The highest BCUT2D eigenvalue weighted by molar-refractivity contribution is 4.89. The summed E-state index contributed by atoms with van der Waals surface area (Å²) in [6.07, 6.45) is 11.0. The van der Waals surface area contributed by atoms with Gasteiger partial charge in [0.2, 0.25) is 0 Å². The van der Waals surface area contributed by atoms with Crippen LogP contribution in [-0.2, 0) is 0 Å². The first-order valence-electron chi connectivity index (χ1n) is 7.58. The SMILES string of the molecule is CC(C)(CNC1CCCC1N)C1CCCCC1. The zero-order valence-electron chi connectivity index (χ0n) is 11.7. The molecule has 17 heavy (non-hydrogen) atoms. The Kier molecular flexibility index (Phi) is 4.48. The summed E-state index contributed by atoms with van der Waals surface area (Å²) in [6.45, 7) is 6.03. The fourth-order valence-corrected chi connectivity index (χ4v) is 3.66. The van der Waals surface area contributed by atoms with E-state index in [0.717, 1.165) is 12.5 Å². The summed E-state index contributed by atoms with van der Waals surface area (Å²) in [5.74, 6) is 0.918. The van der Waals surface area contributed by atoms with Crippen molar-refractivity contribution in [3.8, 4) is 0 Å². The number of nitrogens with two attached hydrogens (primary N) is 1. The first-order chi connectivity index (χ1) is 8.09. The average Bonchev–Trinajstić information content (AvgIpc) is 2.74. The van der Waals surface area contributed by atoms with E-state index in [4.69, 9.17) is 5.73 Å². The van der Waals surface area contributed by atoms with Gasteiger partial charge in [0, 0.05) is 18.6 Å². The Labute approximate surface area is 107 Å². The van der Waals surface area contributed by atoms with Crippen LogP contribution in [0, 0.1) is 11.3 Å². The quantitative estimate of drug-likeness (QED) is 0.790. The van der Waals surface area contributed by atoms with Crippen LogP contribution in [0.5, 0.6) is 0 Å². The molecule has 2 nitrogen and oxygen atoms in total. The van der Waals surface area contributed by atoms with E-state index in [-0.39, 0.29) is 0 Å². The van der Waals surface area contributed by atoms with Crippen LogP contribution < -0.4 is 11.1 Å². The third-order valence-electron chi connectivity index (χ3n) is 5.10. The number of nitrogens with one attached hydrogen (secondary N) is 1. The Balaban J connectivity index is 1.79. The van der Waals surface area contributed by atoms with Gasteiger partial charge in [0.15, 0.2) is 0 Å². The van der Waals surface area contributed by atoms with Crippen LogP contribution in [0.15, 0.2) is 0 Å². The molecule has 0 aromatic rings. The second-order valence-corrected chi connectivity index (χ2v) is 6.91. The van der Waals surface area contributed by atoms with E-state index in [1.807, 2.05) is 0 Å². The van der Waals surface area contributed by atoms with Crippen molar-refractivity contribution in [3.05, 3.63) is 0 Å². The lowest BCUT2D eigenvalue weighted by molar-refractivity contribution is 0.148. The molecule has 0 aromatic carbocycles. The normalized spacial score (nSPS) is 31.9. The third-order valence-corrected chi connectivity index (χ3v) is 5.10. The van der Waals surface area contributed by atoms with E-state index < -0.39 is 0 Å². The fraction of sp³-hybridized carbons (Fsp3) is 1.00. The van der Waals surface area contributed by atoms with E-state index in [1.165, 1.54) is 51.4 Å². The van der Waals surface area contributed by atoms with Gasteiger partial charge in [-0.15, -0.1) is 0 Å². The molecule has 0 heterocycles. The molecular formula is C15H30N2. The largest absolute Gasteiger partial charge is 0.326 e. The maximum absolute atomic E-state index is 6.12. The van der Waals surface area contributed by atoms with Crippen molar-refractivity contribution in [1.82, 2.24) is 5.32 Å². The maximum Gasteiger partial charge on any atom is 0.0219 e. The fourth-order valence-electron chi connectivity index (χ4n) is 3.66. The second kappa shape index (κ2) is 5.71. The third kappa shape index (κ3) is 3.45. The maximum atomic E-state index is 6.12. The van der Waals surface area contributed by atoms with Crippen molar-refractivity contribution in [1.29, 1.82) is 0 Å². The van der Waals surface area contributed by atoms with Crippen molar-refractivity contribution in [3.63, 3.8) is 0 Å². The van der Waals surface area contributed by atoms with E-state index in [9.17, 15) is 0 Å². The molecule has 2 saturated carbocycles. The molecule has 2 heteroatoms. The molecule has 2 rings (SSSR count). The van der Waals surface area contributed by atoms with Gasteiger partial charge in [-0.1, -0.05) is 39.5 Å². The van der Waals surface area contributed by atoms with Gasteiger partial charge in [-0.05, 0) is 37.0 Å². The molecule has 2 fully saturated rings. The lowest BCUT2D eigenvalue weighted by Crippen LogP contribution is -2.46. The minimum Gasteiger partial charge on any atom is -0.326 e. The smallest absolute Gasteiger partial charge is 0.0219 e. The van der Waals surface area contributed by atoms with E-state index in [2.05, 4.69) is 19.2 Å². The molecule has 0 aromatic heterocycles. The van der Waals surface area contributed by atoms with E-state index >= 15 is 0 Å². The molecule has 3 N–H and O–H groups in total. The Bertz CT molecular complexity index is 231. The summed E-state index contributed by atoms with van der Waals surface area (Å²) >= 11 is 0. The highest BCUT2D eigenvalue weighted by Crippen LogP contribution is 2.38. The van der Waals surface area contributed by atoms with Gasteiger partial charge in [0.1, 0.15) is 0 Å². The Morgan fingerprint density at radius 3 is 2.29 bits per heavy atom. The Morgan fingerprint density at radius 2 is 1.71 bits per heavy atom. The monoisotopic (exact) mass is 238 g/mol. The molecule has 2 unspecified atom stereocenters. The van der Waals surface area contributed by atoms with Gasteiger partial charge in [0.05, 0.1) is 0 Å². The predicted molar refractivity (Wildman–Crippen MR) is 74.0 cm³/mol. The van der Waals surface area contributed by atoms with Crippen LogP contribution in [0.4, 0.5) is 0 Å². The minimum atomic E-state index is 0.400. The highest BCUT2D eigenvalue weighted by Gasteiger charge is 2.32. The summed E-state index contributed by atoms with van der Waals surface area (Å²) in [7, 11) is 0. The number of hydrogen-bond donors (Lipinski definition) is 2. The summed E-state index contributed by atoms with van der Waals surface area (Å²) in [6, 6.07) is 0.982. The van der Waals surface area contributed by atoms with Crippen LogP contribution in [0.3, 0.4) is 0 Å². The van der Waals surface area contributed by atoms with Crippen LogP contribution in [-0.4, -0.2) is 18.6 Å². The van der Waals surface area contributed by atoms with Crippen LogP contribution in [0.2, 0.25) is 0 Å². The van der Waals surface area contributed by atoms with Gasteiger partial charge >= 0.3 is 0 Å². The van der Waals surface area contributed by atoms with Gasteiger partial charge in [0.25, 0.3) is 0 Å². The molecule has 2 atom stereocenters. The molecule has 0 spiro atoms. The van der Waals surface area contributed by atoms with Gasteiger partial charge in [-0.3, -0.25) is 0 Å². The average molecular weight is 238 g/mol. The summed E-state index contributed by atoms with van der Waals surface area (Å²) in [5.41, 5.74) is 6.57. The summed E-state index contributed by atoms with van der Waals surface area (Å²) in [5, 5.41) is 3.74. The van der Waals surface area contributed by atoms with Crippen molar-refractivity contribution in [2.24, 2.45) is 17.1 Å². The zero-order chi connectivity index (χ0) is 12.3. The van der Waals surface area contributed by atoms with Crippen molar-refractivity contribution < 1.29 is 0 Å². The van der Waals surface area contributed by atoms with Gasteiger partial charge < -0.3 is 11.1 Å². The van der Waals surface area contributed by atoms with Crippen molar-refractivity contribution in [2.75, 3.05) is 6.54 Å². The van der Waals surface area contributed by atoms with Gasteiger partial charge in [-0.25, -0.2) is 0 Å². The van der Waals surface area contributed by atoms with Crippen molar-refractivity contribution >= 4 is 0 Å². The highest BCUT2D eigenvalue weighted by atomic mass is 15.0. The molecule has 0 amide bonds. The first-order valence-corrected chi connectivity index (χ1v) is 7.58. The predicted octanol–water partition coefficient (Wildman–Crippen LogP) is 3.06. The minimum absolute atomic E-state index is 0.400. The Hall–Kier alpha value is -0.0800. The second-order valence-electron chi connectivity index (χ2n) is 6.91. The molecule has 100 valence electrons. The Morgan fingerprint density at radius 1 is 1.00 bits per heavy atom. The standard InChI is InChI=1S/C15H30N2/c1-15(2,12-7-4-3-5-8-12)11-17-14-10-6-9-13(14)16/h12-14,17H,3-11,16H2,1-2H3. The number of hydrogen-bond acceptors (Lipinski definition) is 2. The zero-order valence-corrected chi connectivity index (χ0v) is 11.7. The van der Waals surface area contributed by atoms with Crippen LogP contribution in [0.1, 0.15) is 65.2 Å². The number of rotatable bonds is 4. The summed E-state index contributed by atoms with van der Waals surface area (Å²) in [4.78, 5) is 0. The van der Waals surface area contributed by atoms with Gasteiger partial charge in [-0.2, -0.15) is 0 Å². The lowest BCUT2D eigenvalue weighted by Gasteiger charge is -2.38. The molecule has 0 saturated heterocycles. The topological polar surface area (TPSA) is 38.0 Å². The van der Waals surface area contributed by atoms with E-state index in [1.54, 1.807) is 0 Å². The molecule has 0 aliphatic heterocycles. The van der Waals surface area contributed by atoms with Crippen LogP contribution in [0.25, 0.3) is 0 Å².